The molecule has 0 aliphatic carbocycles. The summed E-state index contributed by atoms with van der Waals surface area (Å²) in [7, 11) is -4.14. The lowest BCUT2D eigenvalue weighted by atomic mass is 10.3. The molecule has 100 valence electrons. The zero-order valence-corrected chi connectivity index (χ0v) is 10.2. The van der Waals surface area contributed by atoms with Crippen molar-refractivity contribution in [3.8, 4) is 0 Å². The van der Waals surface area contributed by atoms with E-state index >= 15 is 0 Å². The first-order valence-corrected chi connectivity index (χ1v) is 6.39. The number of nitrogens with one attached hydrogen (secondary N) is 1. The van der Waals surface area contributed by atoms with Gasteiger partial charge in [0.05, 0.1) is 11.3 Å². The van der Waals surface area contributed by atoms with E-state index in [1.165, 1.54) is 6.92 Å². The van der Waals surface area contributed by atoms with Crippen LogP contribution in [-0.2, 0) is 14.8 Å². The van der Waals surface area contributed by atoms with Crippen LogP contribution in [0, 0.1) is 11.6 Å². The number of hydrogen-bond donors (Lipinski definition) is 2. The molecule has 0 aliphatic rings. The third kappa shape index (κ3) is 4.04. The van der Waals surface area contributed by atoms with Crippen molar-refractivity contribution in [2.24, 2.45) is 0 Å². The minimum absolute atomic E-state index is 0.434. The summed E-state index contributed by atoms with van der Waals surface area (Å²) < 4.78 is 51.2. The number of benzene rings is 1. The molecule has 0 heterocycles. The van der Waals surface area contributed by atoms with Crippen LogP contribution in [0.15, 0.2) is 23.1 Å². The van der Waals surface area contributed by atoms with Gasteiger partial charge in [0.2, 0.25) is 10.0 Å². The van der Waals surface area contributed by atoms with Crippen LogP contribution >= 0.6 is 0 Å². The molecule has 1 aromatic rings. The molecule has 0 radical (unpaired) electrons. The molecule has 0 aromatic heterocycles. The van der Waals surface area contributed by atoms with Crippen molar-refractivity contribution >= 4 is 16.0 Å². The van der Waals surface area contributed by atoms with Crippen LogP contribution in [0.25, 0.3) is 0 Å². The summed E-state index contributed by atoms with van der Waals surface area (Å²) >= 11 is 0. The summed E-state index contributed by atoms with van der Waals surface area (Å²) in [6.07, 6.45) is -0.434. The number of aliphatic carboxylic acids is 1. The molecule has 1 unspecified atom stereocenters. The molecule has 0 aliphatic heterocycles. The Bertz CT molecular complexity index is 539. The summed E-state index contributed by atoms with van der Waals surface area (Å²) in [5.41, 5.74) is 0. The van der Waals surface area contributed by atoms with Gasteiger partial charge in [-0.25, -0.2) is 21.9 Å². The van der Waals surface area contributed by atoms with Crippen molar-refractivity contribution in [1.82, 2.24) is 4.72 Å². The standard InChI is InChI=1S/C10H11F2NO4S/c1-6(2-10(14)15)13-18(16,17)9-4-7(11)3-8(12)5-9/h3-6,13H,2H2,1H3,(H,14,15). The largest absolute Gasteiger partial charge is 0.481 e. The van der Waals surface area contributed by atoms with E-state index in [-0.39, 0.29) is 0 Å². The molecule has 1 rings (SSSR count). The first-order chi connectivity index (χ1) is 8.20. The fourth-order valence-corrected chi connectivity index (χ4v) is 2.60. The van der Waals surface area contributed by atoms with Crippen LogP contribution in [0.3, 0.4) is 0 Å². The molecule has 0 saturated carbocycles. The summed E-state index contributed by atoms with van der Waals surface area (Å²) in [4.78, 5) is 9.80. The highest BCUT2D eigenvalue weighted by atomic mass is 32.2. The molecule has 0 amide bonds. The Balaban J connectivity index is 2.96. The van der Waals surface area contributed by atoms with Gasteiger partial charge in [-0.3, -0.25) is 4.79 Å². The van der Waals surface area contributed by atoms with Gasteiger partial charge in [-0.05, 0) is 19.1 Å². The average Bonchev–Trinajstić information content (AvgIpc) is 2.13. The molecular weight excluding hydrogens is 268 g/mol. The van der Waals surface area contributed by atoms with Gasteiger partial charge in [-0.1, -0.05) is 0 Å². The number of rotatable bonds is 5. The fourth-order valence-electron chi connectivity index (χ4n) is 1.32. The summed E-state index contributed by atoms with van der Waals surface area (Å²) in [6.45, 7) is 1.33. The van der Waals surface area contributed by atoms with Gasteiger partial charge in [-0.15, -0.1) is 0 Å². The fraction of sp³-hybridized carbons (Fsp3) is 0.300. The van der Waals surface area contributed by atoms with Crippen LogP contribution in [0.2, 0.25) is 0 Å². The van der Waals surface area contributed by atoms with E-state index in [0.717, 1.165) is 0 Å². The van der Waals surface area contributed by atoms with Gasteiger partial charge in [0.25, 0.3) is 0 Å². The van der Waals surface area contributed by atoms with E-state index in [4.69, 9.17) is 5.11 Å². The van der Waals surface area contributed by atoms with Crippen molar-refractivity contribution in [2.45, 2.75) is 24.3 Å². The maximum atomic E-state index is 12.9. The maximum Gasteiger partial charge on any atom is 0.304 e. The van der Waals surface area contributed by atoms with Gasteiger partial charge in [0.1, 0.15) is 11.6 Å². The number of carbonyl (C=O) groups is 1. The lowest BCUT2D eigenvalue weighted by molar-refractivity contribution is -0.137. The van der Waals surface area contributed by atoms with Crippen molar-refractivity contribution in [3.05, 3.63) is 29.8 Å². The zero-order valence-electron chi connectivity index (χ0n) is 9.35. The van der Waals surface area contributed by atoms with E-state index in [1.54, 1.807) is 0 Å². The molecule has 2 N–H and O–H groups in total. The summed E-state index contributed by atoms with van der Waals surface area (Å²) in [6, 6.07) is 0.955. The molecule has 0 spiro atoms. The minimum atomic E-state index is -4.14. The Morgan fingerprint density at radius 1 is 1.33 bits per heavy atom. The number of halogens is 2. The molecule has 0 saturated heterocycles. The predicted molar refractivity (Wildman–Crippen MR) is 58.4 cm³/mol. The SMILES string of the molecule is CC(CC(=O)O)NS(=O)(=O)c1cc(F)cc(F)c1. The third-order valence-corrected chi connectivity index (χ3v) is 3.55. The van der Waals surface area contributed by atoms with E-state index < -0.39 is 45.0 Å². The Labute approximate surface area is 102 Å². The predicted octanol–water partition coefficient (Wildman–Crippen LogP) is 1.11. The van der Waals surface area contributed by atoms with Crippen LogP contribution < -0.4 is 4.72 Å². The lowest BCUT2D eigenvalue weighted by Gasteiger charge is -2.12. The van der Waals surface area contributed by atoms with Crippen LogP contribution in [0.5, 0.6) is 0 Å². The van der Waals surface area contributed by atoms with Crippen molar-refractivity contribution in [3.63, 3.8) is 0 Å². The summed E-state index contributed by atoms with van der Waals surface area (Å²) in [5, 5.41) is 8.48. The minimum Gasteiger partial charge on any atom is -0.481 e. The monoisotopic (exact) mass is 279 g/mol. The van der Waals surface area contributed by atoms with Crippen LogP contribution in [0.4, 0.5) is 8.78 Å². The van der Waals surface area contributed by atoms with Gasteiger partial charge < -0.3 is 5.11 Å². The average molecular weight is 279 g/mol. The smallest absolute Gasteiger partial charge is 0.304 e. The highest BCUT2D eigenvalue weighted by molar-refractivity contribution is 7.89. The second kappa shape index (κ2) is 5.40. The first kappa shape index (κ1) is 14.5. The topological polar surface area (TPSA) is 83.5 Å². The Hall–Kier alpha value is -1.54. The highest BCUT2D eigenvalue weighted by Gasteiger charge is 2.20. The first-order valence-electron chi connectivity index (χ1n) is 4.91. The quantitative estimate of drug-likeness (QED) is 0.845. The van der Waals surface area contributed by atoms with Gasteiger partial charge in [-0.2, -0.15) is 0 Å². The van der Waals surface area contributed by atoms with Gasteiger partial charge in [0, 0.05) is 12.1 Å². The molecule has 18 heavy (non-hydrogen) atoms. The number of carboxylic acid groups (broad SMARTS) is 1. The molecule has 0 fully saturated rings. The normalized spacial score (nSPS) is 13.3. The number of hydrogen-bond acceptors (Lipinski definition) is 3. The van der Waals surface area contributed by atoms with Crippen molar-refractivity contribution in [1.29, 1.82) is 0 Å². The van der Waals surface area contributed by atoms with Gasteiger partial charge in [0.15, 0.2) is 0 Å². The van der Waals surface area contributed by atoms with E-state index in [1.807, 2.05) is 4.72 Å². The zero-order chi connectivity index (χ0) is 13.9. The van der Waals surface area contributed by atoms with Crippen molar-refractivity contribution < 1.29 is 27.1 Å². The van der Waals surface area contributed by atoms with Crippen LogP contribution in [0.1, 0.15) is 13.3 Å². The summed E-state index contributed by atoms with van der Waals surface area (Å²) in [5.74, 6) is -3.24. The molecule has 8 heteroatoms. The molecule has 5 nitrogen and oxygen atoms in total. The second-order valence-corrected chi connectivity index (χ2v) is 5.44. The molecular formula is C10H11F2NO4S. The van der Waals surface area contributed by atoms with Crippen molar-refractivity contribution in [2.75, 3.05) is 0 Å². The Kier molecular flexibility index (Phi) is 4.36. The van der Waals surface area contributed by atoms with E-state index in [2.05, 4.69) is 0 Å². The second-order valence-electron chi connectivity index (χ2n) is 3.73. The Morgan fingerprint density at radius 3 is 2.28 bits per heavy atom. The molecule has 0 bridgehead atoms. The molecule has 1 aromatic carbocycles. The molecule has 1 atom stereocenters. The van der Waals surface area contributed by atoms with Gasteiger partial charge >= 0.3 is 5.97 Å². The number of sulfonamides is 1. The Morgan fingerprint density at radius 2 is 1.83 bits per heavy atom. The number of carboxylic acids is 1. The van der Waals surface area contributed by atoms with E-state index in [0.29, 0.717) is 18.2 Å². The third-order valence-electron chi connectivity index (χ3n) is 1.98. The van der Waals surface area contributed by atoms with Crippen LogP contribution in [-0.4, -0.2) is 25.5 Å². The maximum absolute atomic E-state index is 12.9. The lowest BCUT2D eigenvalue weighted by Crippen LogP contribution is -2.34. The van der Waals surface area contributed by atoms with E-state index in [9.17, 15) is 22.0 Å². The highest BCUT2D eigenvalue weighted by Crippen LogP contribution is 2.14.